The molecule has 0 aliphatic carbocycles. The largest absolute Gasteiger partial charge is 0.392 e. The van der Waals surface area contributed by atoms with Gasteiger partial charge in [0.25, 0.3) is 5.56 Å². The van der Waals surface area contributed by atoms with Gasteiger partial charge in [-0.15, -0.1) is 0 Å². The lowest BCUT2D eigenvalue weighted by Crippen LogP contribution is -2.20. The van der Waals surface area contributed by atoms with E-state index in [2.05, 4.69) is 4.98 Å². The van der Waals surface area contributed by atoms with Crippen LogP contribution in [-0.2, 0) is 13.2 Å². The van der Waals surface area contributed by atoms with Crippen molar-refractivity contribution in [3.05, 3.63) is 52.6 Å². The fourth-order valence-electron chi connectivity index (χ4n) is 1.52. The Morgan fingerprint density at radius 2 is 2.06 bits per heavy atom. The van der Waals surface area contributed by atoms with Crippen molar-refractivity contribution >= 4 is 11.8 Å². The summed E-state index contributed by atoms with van der Waals surface area (Å²) in [7, 11) is 0. The van der Waals surface area contributed by atoms with Gasteiger partial charge in [0, 0.05) is 23.8 Å². The van der Waals surface area contributed by atoms with Gasteiger partial charge in [0.2, 0.25) is 0 Å². The zero-order valence-electron chi connectivity index (χ0n) is 10.0. The number of hydrogen-bond acceptors (Lipinski definition) is 4. The molecule has 0 bridgehead atoms. The Labute approximate surface area is 109 Å². The second kappa shape index (κ2) is 5.84. The fraction of sp³-hybridized carbons (Fsp3) is 0.231. The van der Waals surface area contributed by atoms with E-state index < -0.39 is 0 Å². The molecular weight excluding hydrogens is 248 g/mol. The van der Waals surface area contributed by atoms with E-state index in [9.17, 15) is 4.79 Å². The molecule has 0 amide bonds. The van der Waals surface area contributed by atoms with Crippen LogP contribution in [0.2, 0.25) is 0 Å². The van der Waals surface area contributed by atoms with Crippen molar-refractivity contribution in [3.63, 3.8) is 0 Å². The van der Waals surface area contributed by atoms with Crippen LogP contribution in [0.3, 0.4) is 0 Å². The number of nitrogens with zero attached hydrogens (tertiary/aromatic N) is 2. The van der Waals surface area contributed by atoms with Gasteiger partial charge in [-0.05, 0) is 24.6 Å². The van der Waals surface area contributed by atoms with E-state index >= 15 is 0 Å². The molecule has 18 heavy (non-hydrogen) atoms. The number of rotatable bonds is 4. The molecule has 0 atom stereocenters. The number of aliphatic hydroxyl groups excluding tert-OH is 1. The molecule has 94 valence electrons. The highest BCUT2D eigenvalue weighted by Gasteiger charge is 2.06. The molecule has 1 aromatic carbocycles. The Morgan fingerprint density at radius 3 is 2.67 bits per heavy atom. The molecule has 0 aliphatic heterocycles. The molecule has 0 radical (unpaired) electrons. The van der Waals surface area contributed by atoms with Gasteiger partial charge in [0.1, 0.15) is 0 Å². The highest BCUT2D eigenvalue weighted by molar-refractivity contribution is 7.99. The first-order valence-electron chi connectivity index (χ1n) is 5.67. The Hall–Kier alpha value is -1.59. The van der Waals surface area contributed by atoms with Crippen LogP contribution in [0, 0.1) is 0 Å². The van der Waals surface area contributed by atoms with Crippen molar-refractivity contribution in [2.75, 3.05) is 0 Å². The predicted octanol–water partition coefficient (Wildman–Crippen LogP) is 1.91. The summed E-state index contributed by atoms with van der Waals surface area (Å²) in [5.74, 6) is 0. The first kappa shape index (κ1) is 12.9. The van der Waals surface area contributed by atoms with Crippen molar-refractivity contribution < 1.29 is 5.11 Å². The average Bonchev–Trinajstić information content (AvgIpc) is 2.42. The van der Waals surface area contributed by atoms with Crippen LogP contribution in [0.25, 0.3) is 0 Å². The first-order chi connectivity index (χ1) is 8.74. The lowest BCUT2D eigenvalue weighted by Gasteiger charge is -2.04. The van der Waals surface area contributed by atoms with Crippen LogP contribution in [0.15, 0.2) is 51.4 Å². The molecule has 0 unspecified atom stereocenters. The quantitative estimate of drug-likeness (QED) is 0.914. The standard InChI is InChI=1S/C13H14N2O2S/c1-2-15-8-7-14-12(13(15)17)18-11-5-3-10(9-16)4-6-11/h3-8,16H,2,9H2,1H3. The number of aromatic nitrogens is 2. The van der Waals surface area contributed by atoms with Crippen LogP contribution in [0.5, 0.6) is 0 Å². The third kappa shape index (κ3) is 2.80. The normalized spacial score (nSPS) is 10.6. The molecule has 4 nitrogen and oxygen atoms in total. The summed E-state index contributed by atoms with van der Waals surface area (Å²) in [6.07, 6.45) is 3.32. The minimum Gasteiger partial charge on any atom is -0.392 e. The molecule has 0 aliphatic rings. The second-order valence-electron chi connectivity index (χ2n) is 3.73. The number of aryl methyl sites for hydroxylation is 1. The Bertz CT molecular complexity index is 578. The second-order valence-corrected chi connectivity index (χ2v) is 4.79. The Kier molecular flexibility index (Phi) is 4.17. The van der Waals surface area contributed by atoms with Crippen LogP contribution < -0.4 is 5.56 Å². The minimum atomic E-state index is -0.0729. The summed E-state index contributed by atoms with van der Waals surface area (Å²) in [5.41, 5.74) is 0.780. The average molecular weight is 262 g/mol. The summed E-state index contributed by atoms with van der Waals surface area (Å²) in [4.78, 5) is 17.0. The van der Waals surface area contributed by atoms with Gasteiger partial charge in [-0.2, -0.15) is 0 Å². The number of hydrogen-bond donors (Lipinski definition) is 1. The van der Waals surface area contributed by atoms with Crippen LogP contribution >= 0.6 is 11.8 Å². The molecule has 2 rings (SSSR count). The number of benzene rings is 1. The number of aliphatic hydroxyl groups is 1. The molecule has 0 fully saturated rings. The van der Waals surface area contributed by atoms with Gasteiger partial charge in [-0.25, -0.2) is 4.98 Å². The monoisotopic (exact) mass is 262 g/mol. The smallest absolute Gasteiger partial charge is 0.283 e. The molecular formula is C13H14N2O2S. The first-order valence-corrected chi connectivity index (χ1v) is 6.49. The zero-order chi connectivity index (χ0) is 13.0. The summed E-state index contributed by atoms with van der Waals surface area (Å²) >= 11 is 1.34. The highest BCUT2D eigenvalue weighted by atomic mass is 32.2. The summed E-state index contributed by atoms with van der Waals surface area (Å²) in [6.45, 7) is 2.58. The van der Waals surface area contributed by atoms with Crippen LogP contribution in [-0.4, -0.2) is 14.7 Å². The van der Waals surface area contributed by atoms with E-state index in [1.165, 1.54) is 11.8 Å². The summed E-state index contributed by atoms with van der Waals surface area (Å²) in [6, 6.07) is 7.43. The molecule has 2 aromatic rings. The van der Waals surface area contributed by atoms with Crippen molar-refractivity contribution in [3.8, 4) is 0 Å². The fourth-order valence-corrected chi connectivity index (χ4v) is 2.33. The van der Waals surface area contributed by atoms with Crippen molar-refractivity contribution in [2.24, 2.45) is 0 Å². The summed E-state index contributed by atoms with van der Waals surface area (Å²) in [5, 5.41) is 9.43. The molecule has 0 spiro atoms. The Morgan fingerprint density at radius 1 is 1.33 bits per heavy atom. The van der Waals surface area contributed by atoms with Crippen LogP contribution in [0.1, 0.15) is 12.5 Å². The van der Waals surface area contributed by atoms with Gasteiger partial charge < -0.3 is 9.67 Å². The van der Waals surface area contributed by atoms with E-state index in [-0.39, 0.29) is 12.2 Å². The lowest BCUT2D eigenvalue weighted by atomic mass is 10.2. The van der Waals surface area contributed by atoms with Gasteiger partial charge in [-0.1, -0.05) is 23.9 Å². The van der Waals surface area contributed by atoms with Gasteiger partial charge in [-0.3, -0.25) is 4.79 Å². The van der Waals surface area contributed by atoms with Crippen LogP contribution in [0.4, 0.5) is 0 Å². The van der Waals surface area contributed by atoms with E-state index in [1.807, 2.05) is 31.2 Å². The Balaban J connectivity index is 2.25. The lowest BCUT2D eigenvalue weighted by molar-refractivity contribution is 0.282. The predicted molar refractivity (Wildman–Crippen MR) is 70.7 cm³/mol. The zero-order valence-corrected chi connectivity index (χ0v) is 10.9. The molecule has 0 saturated carbocycles. The van der Waals surface area contributed by atoms with Gasteiger partial charge in [0.15, 0.2) is 5.03 Å². The highest BCUT2D eigenvalue weighted by Crippen LogP contribution is 2.23. The molecule has 1 heterocycles. The molecule has 1 aromatic heterocycles. The van der Waals surface area contributed by atoms with E-state index in [0.717, 1.165) is 10.5 Å². The maximum atomic E-state index is 12.0. The topological polar surface area (TPSA) is 55.1 Å². The summed E-state index contributed by atoms with van der Waals surface area (Å²) < 4.78 is 1.62. The van der Waals surface area contributed by atoms with Gasteiger partial charge >= 0.3 is 0 Å². The van der Waals surface area contributed by atoms with Crippen molar-refractivity contribution in [2.45, 2.75) is 30.0 Å². The van der Waals surface area contributed by atoms with Crippen molar-refractivity contribution in [1.29, 1.82) is 0 Å². The van der Waals surface area contributed by atoms with E-state index in [4.69, 9.17) is 5.11 Å². The van der Waals surface area contributed by atoms with Gasteiger partial charge in [0.05, 0.1) is 6.61 Å². The minimum absolute atomic E-state index is 0.0250. The van der Waals surface area contributed by atoms with E-state index in [1.54, 1.807) is 17.0 Å². The van der Waals surface area contributed by atoms with E-state index in [0.29, 0.717) is 11.6 Å². The maximum Gasteiger partial charge on any atom is 0.283 e. The maximum absolute atomic E-state index is 12.0. The third-order valence-electron chi connectivity index (χ3n) is 2.54. The third-order valence-corrected chi connectivity index (χ3v) is 3.52. The molecule has 0 saturated heterocycles. The molecule has 1 N–H and O–H groups in total. The SMILES string of the molecule is CCn1ccnc(Sc2ccc(CO)cc2)c1=O. The van der Waals surface area contributed by atoms with Crippen molar-refractivity contribution in [1.82, 2.24) is 9.55 Å². The molecule has 5 heteroatoms.